The first-order valence-electron chi connectivity index (χ1n) is 7.59. The van der Waals surface area contributed by atoms with Gasteiger partial charge in [0.1, 0.15) is 11.4 Å². The Kier molecular flexibility index (Phi) is 3.65. The van der Waals surface area contributed by atoms with Gasteiger partial charge in [-0.15, -0.1) is 5.10 Å². The molecule has 1 amide bonds. The number of carboxylic acid groups (broad SMARTS) is 1. The number of nitrogens with one attached hydrogen (secondary N) is 2. The highest BCUT2D eigenvalue weighted by Crippen LogP contribution is 2.37. The van der Waals surface area contributed by atoms with Crippen molar-refractivity contribution in [2.24, 2.45) is 0 Å². The van der Waals surface area contributed by atoms with Gasteiger partial charge >= 0.3 is 5.97 Å². The summed E-state index contributed by atoms with van der Waals surface area (Å²) >= 11 is 0. The molecule has 3 rings (SSSR count). The van der Waals surface area contributed by atoms with E-state index in [1.54, 1.807) is 0 Å². The Bertz CT molecular complexity index is 542. The van der Waals surface area contributed by atoms with Crippen LogP contribution in [-0.4, -0.2) is 37.7 Å². The summed E-state index contributed by atoms with van der Waals surface area (Å²) in [5.74, 6) is -0.310. The third-order valence-electron chi connectivity index (χ3n) is 4.39. The molecular weight excluding hydrogens is 272 g/mol. The molecule has 0 unspecified atom stereocenters. The molecular formula is C14H20N4O3. The van der Waals surface area contributed by atoms with Crippen molar-refractivity contribution >= 4 is 11.9 Å². The van der Waals surface area contributed by atoms with Crippen molar-refractivity contribution in [2.45, 2.75) is 62.8 Å². The van der Waals surface area contributed by atoms with E-state index >= 15 is 0 Å². The second-order valence-corrected chi connectivity index (χ2v) is 6.07. The highest BCUT2D eigenvalue weighted by Gasteiger charge is 2.41. The highest BCUT2D eigenvalue weighted by atomic mass is 16.4. The van der Waals surface area contributed by atoms with Crippen LogP contribution in [0, 0.1) is 0 Å². The van der Waals surface area contributed by atoms with Gasteiger partial charge in [-0.2, -0.15) is 0 Å². The maximum Gasteiger partial charge on any atom is 0.329 e. The average Bonchev–Trinajstić information content (AvgIpc) is 3.23. The number of H-pyrrole nitrogens is 1. The Morgan fingerprint density at radius 1 is 1.19 bits per heavy atom. The third kappa shape index (κ3) is 2.91. The first-order chi connectivity index (χ1) is 10.1. The number of hydrogen-bond donors (Lipinski definition) is 3. The van der Waals surface area contributed by atoms with Gasteiger partial charge in [0.25, 0.3) is 5.91 Å². The van der Waals surface area contributed by atoms with Gasteiger partial charge in [0.15, 0.2) is 0 Å². The van der Waals surface area contributed by atoms with Crippen LogP contribution in [0.1, 0.15) is 73.7 Å². The van der Waals surface area contributed by atoms with Gasteiger partial charge in [0, 0.05) is 5.92 Å². The lowest BCUT2D eigenvalue weighted by molar-refractivity contribution is -0.145. The van der Waals surface area contributed by atoms with Gasteiger partial charge in [-0.05, 0) is 25.7 Å². The summed E-state index contributed by atoms with van der Waals surface area (Å²) in [6.07, 6.45) is 6.71. The number of aromatic amines is 1. The number of rotatable bonds is 4. The summed E-state index contributed by atoms with van der Waals surface area (Å²) in [5.41, 5.74) is -1.17. The Balaban J connectivity index is 1.74. The molecule has 2 fully saturated rings. The number of carboxylic acids is 1. The minimum atomic E-state index is -1.17. The fraction of sp³-hybridized carbons (Fsp3) is 0.714. The summed E-state index contributed by atoms with van der Waals surface area (Å²) in [6, 6.07) is 0. The van der Waals surface area contributed by atoms with Crippen LogP contribution in [0.2, 0.25) is 0 Å². The molecule has 21 heavy (non-hydrogen) atoms. The standard InChI is InChI=1S/C14H20N4O3/c19-12(11-15-10(17-18-11)9-5-6-9)16-14(13(20)21)7-3-1-2-4-8-14/h9H,1-8H2,(H,16,19)(H,20,21)(H,15,17,18). The van der Waals surface area contributed by atoms with E-state index in [0.717, 1.165) is 44.3 Å². The monoisotopic (exact) mass is 292 g/mol. The maximum absolute atomic E-state index is 12.3. The van der Waals surface area contributed by atoms with Crippen molar-refractivity contribution in [3.05, 3.63) is 11.6 Å². The second-order valence-electron chi connectivity index (χ2n) is 6.07. The predicted molar refractivity (Wildman–Crippen MR) is 73.9 cm³/mol. The number of carbonyl (C=O) groups excluding carboxylic acids is 1. The minimum absolute atomic E-state index is 0.0433. The van der Waals surface area contributed by atoms with Crippen molar-refractivity contribution in [3.63, 3.8) is 0 Å². The summed E-state index contributed by atoms with van der Waals surface area (Å²) in [6.45, 7) is 0. The lowest BCUT2D eigenvalue weighted by Crippen LogP contribution is -2.54. The number of carbonyl (C=O) groups is 2. The van der Waals surface area contributed by atoms with Gasteiger partial charge in [0.2, 0.25) is 5.82 Å². The molecule has 0 aromatic carbocycles. The molecule has 0 bridgehead atoms. The summed E-state index contributed by atoms with van der Waals surface area (Å²) in [7, 11) is 0. The quantitative estimate of drug-likeness (QED) is 0.730. The van der Waals surface area contributed by atoms with Crippen LogP contribution in [0.3, 0.4) is 0 Å². The van der Waals surface area contributed by atoms with Crippen LogP contribution >= 0.6 is 0 Å². The summed E-state index contributed by atoms with van der Waals surface area (Å²) in [5, 5.41) is 18.9. The molecule has 114 valence electrons. The van der Waals surface area contributed by atoms with E-state index < -0.39 is 17.4 Å². The van der Waals surface area contributed by atoms with Gasteiger partial charge < -0.3 is 10.4 Å². The zero-order valence-electron chi connectivity index (χ0n) is 11.9. The Morgan fingerprint density at radius 2 is 1.86 bits per heavy atom. The van der Waals surface area contributed by atoms with Gasteiger partial charge in [0.05, 0.1) is 0 Å². The summed E-state index contributed by atoms with van der Waals surface area (Å²) in [4.78, 5) is 28.1. The molecule has 2 saturated carbocycles. The molecule has 1 aromatic heterocycles. The highest BCUT2D eigenvalue weighted by molar-refractivity contribution is 5.95. The zero-order chi connectivity index (χ0) is 14.9. The fourth-order valence-corrected chi connectivity index (χ4v) is 2.91. The van der Waals surface area contributed by atoms with Crippen molar-refractivity contribution in [3.8, 4) is 0 Å². The van der Waals surface area contributed by atoms with Crippen LogP contribution in [0.4, 0.5) is 0 Å². The third-order valence-corrected chi connectivity index (χ3v) is 4.39. The predicted octanol–water partition coefficient (Wildman–Crippen LogP) is 1.59. The molecule has 7 nitrogen and oxygen atoms in total. The van der Waals surface area contributed by atoms with E-state index in [1.807, 2.05) is 0 Å². The molecule has 2 aliphatic carbocycles. The molecule has 1 aromatic rings. The van der Waals surface area contributed by atoms with Crippen LogP contribution in [-0.2, 0) is 4.79 Å². The van der Waals surface area contributed by atoms with E-state index in [1.165, 1.54) is 0 Å². The molecule has 0 radical (unpaired) electrons. The normalized spacial score (nSPS) is 21.5. The van der Waals surface area contributed by atoms with Crippen LogP contribution in [0.15, 0.2) is 0 Å². The smallest absolute Gasteiger partial charge is 0.329 e. The lowest BCUT2D eigenvalue weighted by atomic mass is 9.90. The van der Waals surface area contributed by atoms with Gasteiger partial charge in [-0.1, -0.05) is 25.7 Å². The fourth-order valence-electron chi connectivity index (χ4n) is 2.91. The number of amides is 1. The van der Waals surface area contributed by atoms with E-state index in [0.29, 0.717) is 18.8 Å². The molecule has 0 aliphatic heterocycles. The average molecular weight is 292 g/mol. The van der Waals surface area contributed by atoms with Gasteiger partial charge in [-0.3, -0.25) is 9.89 Å². The molecule has 7 heteroatoms. The largest absolute Gasteiger partial charge is 0.480 e. The van der Waals surface area contributed by atoms with Crippen LogP contribution in [0.5, 0.6) is 0 Å². The molecule has 2 aliphatic rings. The van der Waals surface area contributed by atoms with Crippen molar-refractivity contribution in [1.29, 1.82) is 0 Å². The van der Waals surface area contributed by atoms with Gasteiger partial charge in [-0.25, -0.2) is 9.78 Å². The van der Waals surface area contributed by atoms with E-state index in [-0.39, 0.29) is 5.82 Å². The van der Waals surface area contributed by atoms with Crippen molar-refractivity contribution < 1.29 is 14.7 Å². The second kappa shape index (κ2) is 5.46. The Labute approximate surface area is 122 Å². The first-order valence-corrected chi connectivity index (χ1v) is 7.59. The minimum Gasteiger partial charge on any atom is -0.480 e. The SMILES string of the molecule is O=C(NC1(C(=O)O)CCCCCC1)c1n[nH]c(C2CC2)n1. The lowest BCUT2D eigenvalue weighted by Gasteiger charge is -2.28. The van der Waals surface area contributed by atoms with Crippen LogP contribution in [0.25, 0.3) is 0 Å². The topological polar surface area (TPSA) is 108 Å². The Hall–Kier alpha value is -1.92. The number of aliphatic carboxylic acids is 1. The number of aromatic nitrogens is 3. The van der Waals surface area contributed by atoms with E-state index in [2.05, 4.69) is 20.5 Å². The zero-order valence-corrected chi connectivity index (χ0v) is 11.9. The molecule has 1 heterocycles. The Morgan fingerprint density at radius 3 is 2.43 bits per heavy atom. The first kappa shape index (κ1) is 14.0. The number of nitrogens with zero attached hydrogens (tertiary/aromatic N) is 2. The van der Waals surface area contributed by atoms with E-state index in [4.69, 9.17) is 0 Å². The molecule has 0 spiro atoms. The van der Waals surface area contributed by atoms with Crippen molar-refractivity contribution in [1.82, 2.24) is 20.5 Å². The van der Waals surface area contributed by atoms with Crippen LogP contribution < -0.4 is 5.32 Å². The maximum atomic E-state index is 12.3. The molecule has 0 atom stereocenters. The van der Waals surface area contributed by atoms with E-state index in [9.17, 15) is 14.7 Å². The number of hydrogen-bond acceptors (Lipinski definition) is 4. The summed E-state index contributed by atoms with van der Waals surface area (Å²) < 4.78 is 0. The molecule has 0 saturated heterocycles. The molecule has 3 N–H and O–H groups in total. The van der Waals surface area contributed by atoms with Crippen molar-refractivity contribution in [2.75, 3.05) is 0 Å².